The van der Waals surface area contributed by atoms with E-state index in [0.29, 0.717) is 51.4 Å². The highest BCUT2D eigenvalue weighted by atomic mass is 16.8. The number of esters is 3. The maximum Gasteiger partial charge on any atom is 0.315 e. The molecule has 6 aliphatic heterocycles. The fourth-order valence-corrected chi connectivity index (χ4v) is 18.5. The molecule has 14 N–H and O–H groups in total. The van der Waals surface area contributed by atoms with Gasteiger partial charge in [-0.3, -0.25) is 14.4 Å². The molecule has 33 atom stereocenters. The Kier molecular flexibility index (Phi) is 19.8. The third-order valence-electron chi connectivity index (χ3n) is 23.9. The van der Waals surface area contributed by atoms with Gasteiger partial charge in [-0.2, -0.15) is 0 Å². The van der Waals surface area contributed by atoms with Gasteiger partial charge in [0.05, 0.1) is 75.2 Å². The van der Waals surface area contributed by atoms with E-state index >= 15 is 4.79 Å². The van der Waals surface area contributed by atoms with E-state index in [1.165, 1.54) is 13.8 Å². The first kappa shape index (κ1) is 70.5. The lowest BCUT2D eigenvalue weighted by molar-refractivity contribution is -0.378. The van der Waals surface area contributed by atoms with Crippen molar-refractivity contribution in [3.63, 3.8) is 0 Å². The van der Waals surface area contributed by atoms with Crippen molar-refractivity contribution in [3.05, 3.63) is 11.6 Å². The molecule has 92 heavy (non-hydrogen) atoms. The predicted octanol–water partition coefficient (Wildman–Crippen LogP) is -2.68. The van der Waals surface area contributed by atoms with E-state index in [0.717, 1.165) is 5.57 Å². The number of hydrogen-bond donors (Lipinski definition) is 14. The summed E-state index contributed by atoms with van der Waals surface area (Å²) < 4.78 is 72.2. The first-order chi connectivity index (χ1) is 43.0. The molecule has 0 aromatic carbocycles. The molecule has 4 saturated carbocycles. The van der Waals surface area contributed by atoms with Crippen molar-refractivity contribution in [2.45, 2.75) is 279 Å². The number of aliphatic hydroxyl groups is 14. The number of aliphatic hydroxyl groups excluding tert-OH is 13. The lowest BCUT2D eigenvalue weighted by Crippen LogP contribution is -2.70. The van der Waals surface area contributed by atoms with Gasteiger partial charge in [-0.15, -0.1) is 0 Å². The quantitative estimate of drug-likeness (QED) is 0.0535. The Morgan fingerprint density at radius 1 is 0.587 bits per heavy atom. The van der Waals surface area contributed by atoms with Crippen molar-refractivity contribution in [1.29, 1.82) is 0 Å². The van der Waals surface area contributed by atoms with Gasteiger partial charge in [0.15, 0.2) is 37.4 Å². The fraction of sp³-hybridized carbons (Fsp3) is 0.921. The van der Waals surface area contributed by atoms with Crippen LogP contribution >= 0.6 is 0 Å². The Labute approximate surface area is 533 Å². The number of rotatable bonds is 7. The maximum atomic E-state index is 15.6. The SMILES string of the molecule is C[C@H]1O[C@H](O[C@@H]2[C@@H](OC(=O)[C@@]34CCC(C)(C)C[C@@H]3C3=CC[C@H]5[C@]6(C)C[C@@H](O)[C@H]7O[C@H]8O[C@@H](CO)[C@H](O)[C@@H](O)[C@@H]8O[C@H]8OC[C@@H](O)[C@@H](O)[C@@H]8OC(=O)CC(C)(O)CC(=O)OC[C@]7(C)[C@H]6CC[C@]5(C)[C@@]3(C)CC4)OC[C@@H](O)[C@H]2O)[C@@H](O)[C@@H](O[C@H]2OC[C@H](O)[C@@H](O)[C@@H]2O)[C@@H]1O. The first-order valence-electron chi connectivity index (χ1n) is 32.6. The minimum Gasteiger partial charge on any atom is -0.465 e. The summed E-state index contributed by atoms with van der Waals surface area (Å²) in [6.45, 7) is 12.8. The van der Waals surface area contributed by atoms with Crippen LogP contribution in [0.15, 0.2) is 11.6 Å². The molecule has 0 amide bonds. The van der Waals surface area contributed by atoms with E-state index in [1.807, 2.05) is 6.92 Å². The third-order valence-corrected chi connectivity index (χ3v) is 23.9. The standard InChI is InChI=1S/C63H98O29/c1-26-38(71)46(88-51-44(77)39(72)30(66)22-81-51)45(78)52(85-26)89-48-41(74)32(68)24-83-54(48)92-56(79)63-15-13-57(2,3)17-28(63)27-9-10-35-59(5)18-29(65)50-60(6,34(59)11-12-62(35,8)61(27,7)14-16-63)25-84-36(69)19-58(4,80)20-37(70)87-47-40(73)31(67)23-82-53(47)90-49-43(76)42(75)33(21-64)86-55(49)91-50/h9,26,28-35,38-55,64-68,71-78,80H,10-25H2,1-8H3/t26-,28-,29-,30+,31-,32-,33+,34+,35+,38-,39-,40-,41-,42+,43-,44+,45+,46+,47+,48+,49+,50-,51-,52-,53-,54-,55-,58?,59-,60-,61+,62+,63-/m1/s1. The molecule has 5 aliphatic carbocycles. The van der Waals surface area contributed by atoms with E-state index in [2.05, 4.69) is 40.7 Å². The van der Waals surface area contributed by atoms with Crippen LogP contribution in [0.4, 0.5) is 0 Å². The fourth-order valence-electron chi connectivity index (χ4n) is 18.5. The van der Waals surface area contributed by atoms with Gasteiger partial charge in [0.2, 0.25) is 6.29 Å². The average molecular weight is 1320 g/mol. The monoisotopic (exact) mass is 1320 g/mol. The zero-order valence-corrected chi connectivity index (χ0v) is 53.4. The van der Waals surface area contributed by atoms with E-state index in [4.69, 9.17) is 56.8 Å². The van der Waals surface area contributed by atoms with Crippen LogP contribution in [0.3, 0.4) is 0 Å². The zero-order chi connectivity index (χ0) is 66.9. The summed E-state index contributed by atoms with van der Waals surface area (Å²) >= 11 is 0. The number of allylic oxidation sites excluding steroid dienone is 2. The second kappa shape index (κ2) is 25.8. The van der Waals surface area contributed by atoms with Gasteiger partial charge < -0.3 is 128 Å². The van der Waals surface area contributed by atoms with Gasteiger partial charge in [0.25, 0.3) is 0 Å². The van der Waals surface area contributed by atoms with Gasteiger partial charge >= 0.3 is 17.9 Å². The van der Waals surface area contributed by atoms with Crippen molar-refractivity contribution in [2.75, 3.05) is 33.0 Å². The van der Waals surface area contributed by atoms with Gasteiger partial charge in [0.1, 0.15) is 85.5 Å². The zero-order valence-electron chi connectivity index (χ0n) is 53.4. The molecule has 6 saturated heterocycles. The second-order valence-corrected chi connectivity index (χ2v) is 30.5. The Bertz CT molecular complexity index is 2700. The molecule has 11 aliphatic rings. The Morgan fingerprint density at radius 2 is 1.23 bits per heavy atom. The molecule has 11 rings (SSSR count). The molecule has 10 fully saturated rings. The van der Waals surface area contributed by atoms with Gasteiger partial charge in [-0.05, 0) is 111 Å². The minimum absolute atomic E-state index is 0.127. The van der Waals surface area contributed by atoms with Crippen LogP contribution in [0, 0.1) is 50.2 Å². The van der Waals surface area contributed by atoms with Crippen LogP contribution in [0.5, 0.6) is 0 Å². The van der Waals surface area contributed by atoms with E-state index in [1.54, 1.807) is 0 Å². The molecule has 29 nitrogen and oxygen atoms in total. The summed E-state index contributed by atoms with van der Waals surface area (Å²) in [4.78, 5) is 43.1. The van der Waals surface area contributed by atoms with Crippen LogP contribution < -0.4 is 0 Å². The van der Waals surface area contributed by atoms with E-state index < -0.39 is 243 Å². The lowest BCUT2D eigenvalue weighted by atomic mass is 9.33. The molecule has 0 radical (unpaired) electrons. The number of cyclic esters (lactones) is 1. The summed E-state index contributed by atoms with van der Waals surface area (Å²) in [5, 5.41) is 156. The second-order valence-electron chi connectivity index (χ2n) is 30.5. The molecule has 0 aromatic heterocycles. The molecule has 29 heteroatoms. The highest BCUT2D eigenvalue weighted by Crippen LogP contribution is 2.76. The number of ether oxygens (including phenoxy) is 12. The Balaban J connectivity index is 0.881. The molecule has 6 heterocycles. The van der Waals surface area contributed by atoms with Crippen LogP contribution in [0.1, 0.15) is 126 Å². The highest BCUT2D eigenvalue weighted by molar-refractivity contribution is 5.79. The third kappa shape index (κ3) is 12.2. The number of fused-ring (bicyclic) bond motifs is 11. The topological polar surface area (TPSA) is 445 Å². The highest BCUT2D eigenvalue weighted by Gasteiger charge is 2.72. The van der Waals surface area contributed by atoms with E-state index in [9.17, 15) is 81.1 Å². The molecule has 524 valence electrons. The predicted molar refractivity (Wildman–Crippen MR) is 306 cm³/mol. The van der Waals surface area contributed by atoms with Crippen molar-refractivity contribution < 1.29 is 143 Å². The first-order valence-corrected chi connectivity index (χ1v) is 32.6. The van der Waals surface area contributed by atoms with Crippen LogP contribution in [0.2, 0.25) is 0 Å². The molecule has 0 spiro atoms. The normalized spacial score (nSPS) is 54.2. The Hall–Kier alpha value is -2.77. The molecule has 1 unspecified atom stereocenters. The lowest BCUT2D eigenvalue weighted by Gasteiger charge is -2.72. The van der Waals surface area contributed by atoms with Gasteiger partial charge in [-0.25, -0.2) is 0 Å². The maximum absolute atomic E-state index is 15.6. The van der Waals surface area contributed by atoms with E-state index in [-0.39, 0.29) is 30.3 Å². The average Bonchev–Trinajstić information content (AvgIpc) is 0.674. The van der Waals surface area contributed by atoms with Crippen LogP contribution in [-0.4, -0.2) is 275 Å². The van der Waals surface area contributed by atoms with Crippen LogP contribution in [-0.2, 0) is 71.2 Å². The summed E-state index contributed by atoms with van der Waals surface area (Å²) in [5.41, 5.74) is -5.58. The Morgan fingerprint density at radius 3 is 1.93 bits per heavy atom. The van der Waals surface area contributed by atoms with Crippen molar-refractivity contribution >= 4 is 17.9 Å². The van der Waals surface area contributed by atoms with Crippen molar-refractivity contribution in [3.8, 4) is 0 Å². The van der Waals surface area contributed by atoms with Gasteiger partial charge in [-0.1, -0.05) is 53.2 Å². The smallest absolute Gasteiger partial charge is 0.315 e. The number of carbonyl (C=O) groups excluding carboxylic acids is 3. The summed E-state index contributed by atoms with van der Waals surface area (Å²) in [6, 6.07) is 0. The molecule has 0 aromatic rings. The summed E-state index contributed by atoms with van der Waals surface area (Å²) in [6.07, 6.45) is -34.3. The molecular weight excluding hydrogens is 1220 g/mol. The van der Waals surface area contributed by atoms with Crippen molar-refractivity contribution in [1.82, 2.24) is 0 Å². The molecular formula is C63H98O29. The number of carbonyl (C=O) groups is 3. The minimum atomic E-state index is -2.07. The van der Waals surface area contributed by atoms with Gasteiger partial charge in [0, 0.05) is 5.41 Å². The summed E-state index contributed by atoms with van der Waals surface area (Å²) in [7, 11) is 0. The number of hydrogen-bond acceptors (Lipinski definition) is 29. The van der Waals surface area contributed by atoms with Crippen molar-refractivity contribution in [2.24, 2.45) is 50.2 Å². The van der Waals surface area contributed by atoms with Crippen LogP contribution in [0.25, 0.3) is 0 Å². The summed E-state index contributed by atoms with van der Waals surface area (Å²) in [5.74, 6) is -3.64. The molecule has 0 bridgehead atoms. The largest absolute Gasteiger partial charge is 0.465 e.